The summed E-state index contributed by atoms with van der Waals surface area (Å²) in [5.74, 6) is 0.0424. The number of rotatable bonds is 2. The highest BCUT2D eigenvalue weighted by molar-refractivity contribution is 6.08. The standard InChI is InChI=1S/C18H17N5O/c1-18(2,3)16(24)12-8-21-17-15(12)23-14(9-22-17)11-7-20-13-4-5-19-6-10(11)13/h4-9,20H,1-3H3,(H,21,22). The number of H-pyrrole nitrogens is 2. The Balaban J connectivity index is 1.91. The molecule has 0 spiro atoms. The van der Waals surface area contributed by atoms with Crippen LogP contribution in [0.5, 0.6) is 0 Å². The third-order valence-electron chi connectivity index (χ3n) is 4.07. The molecule has 4 aromatic heterocycles. The van der Waals surface area contributed by atoms with Gasteiger partial charge in [-0.3, -0.25) is 9.78 Å². The van der Waals surface area contributed by atoms with Crippen molar-refractivity contribution in [3.63, 3.8) is 0 Å². The number of aromatic amines is 2. The Hall–Kier alpha value is -3.02. The number of hydrogen-bond acceptors (Lipinski definition) is 4. The van der Waals surface area contributed by atoms with Crippen molar-refractivity contribution in [2.24, 2.45) is 5.41 Å². The maximum atomic E-state index is 12.6. The number of aromatic nitrogens is 5. The molecule has 0 aliphatic heterocycles. The summed E-state index contributed by atoms with van der Waals surface area (Å²) in [7, 11) is 0. The quantitative estimate of drug-likeness (QED) is 0.551. The van der Waals surface area contributed by atoms with Gasteiger partial charge >= 0.3 is 0 Å². The van der Waals surface area contributed by atoms with Gasteiger partial charge in [-0.2, -0.15) is 0 Å². The molecule has 0 aliphatic carbocycles. The largest absolute Gasteiger partial charge is 0.360 e. The van der Waals surface area contributed by atoms with E-state index in [1.54, 1.807) is 24.8 Å². The maximum Gasteiger partial charge on any atom is 0.171 e. The van der Waals surface area contributed by atoms with Crippen LogP contribution in [0.25, 0.3) is 33.3 Å². The van der Waals surface area contributed by atoms with Gasteiger partial charge in [0.05, 0.1) is 17.5 Å². The lowest BCUT2D eigenvalue weighted by Crippen LogP contribution is -2.20. The van der Waals surface area contributed by atoms with Crippen molar-refractivity contribution < 1.29 is 4.79 Å². The fourth-order valence-corrected chi connectivity index (χ4v) is 2.77. The smallest absolute Gasteiger partial charge is 0.171 e. The molecule has 0 radical (unpaired) electrons. The van der Waals surface area contributed by atoms with E-state index < -0.39 is 5.41 Å². The minimum absolute atomic E-state index is 0.0424. The molecule has 0 saturated heterocycles. The Labute approximate surface area is 138 Å². The lowest BCUT2D eigenvalue weighted by atomic mass is 9.87. The third-order valence-corrected chi connectivity index (χ3v) is 4.07. The molecule has 0 aliphatic rings. The molecule has 0 aromatic carbocycles. The molecule has 4 heterocycles. The van der Waals surface area contributed by atoms with Crippen molar-refractivity contribution in [3.05, 3.63) is 42.6 Å². The van der Waals surface area contributed by atoms with Crippen LogP contribution in [0, 0.1) is 5.41 Å². The lowest BCUT2D eigenvalue weighted by Gasteiger charge is -2.15. The molecule has 0 amide bonds. The number of Topliss-reactive ketones (excluding diaryl/α,β-unsaturated/α-hetero) is 1. The maximum absolute atomic E-state index is 12.6. The molecule has 0 fully saturated rings. The van der Waals surface area contributed by atoms with E-state index in [9.17, 15) is 4.79 Å². The Morgan fingerprint density at radius 2 is 1.96 bits per heavy atom. The predicted molar refractivity (Wildman–Crippen MR) is 92.8 cm³/mol. The fraction of sp³-hybridized carbons (Fsp3) is 0.222. The number of nitrogens with zero attached hydrogens (tertiary/aromatic N) is 3. The van der Waals surface area contributed by atoms with Gasteiger partial charge in [-0.05, 0) is 6.07 Å². The number of nitrogens with one attached hydrogen (secondary N) is 2. The van der Waals surface area contributed by atoms with E-state index in [-0.39, 0.29) is 5.78 Å². The highest BCUT2D eigenvalue weighted by Crippen LogP contribution is 2.29. The molecule has 24 heavy (non-hydrogen) atoms. The molecule has 6 nitrogen and oxygen atoms in total. The van der Waals surface area contributed by atoms with Crippen LogP contribution in [-0.2, 0) is 0 Å². The summed E-state index contributed by atoms with van der Waals surface area (Å²) in [4.78, 5) is 32.2. The van der Waals surface area contributed by atoms with Gasteiger partial charge in [0.2, 0.25) is 0 Å². The van der Waals surface area contributed by atoms with Gasteiger partial charge in [0.25, 0.3) is 0 Å². The Morgan fingerprint density at radius 3 is 2.75 bits per heavy atom. The van der Waals surface area contributed by atoms with Crippen LogP contribution < -0.4 is 0 Å². The molecule has 0 bridgehead atoms. The van der Waals surface area contributed by atoms with Crippen LogP contribution in [0.4, 0.5) is 0 Å². The summed E-state index contributed by atoms with van der Waals surface area (Å²) >= 11 is 0. The van der Waals surface area contributed by atoms with Crippen LogP contribution in [0.1, 0.15) is 31.1 Å². The molecule has 0 atom stereocenters. The summed E-state index contributed by atoms with van der Waals surface area (Å²) in [6.07, 6.45) is 8.83. The lowest BCUT2D eigenvalue weighted by molar-refractivity contribution is 0.0860. The Kier molecular flexibility index (Phi) is 3.03. The second kappa shape index (κ2) is 4.99. The van der Waals surface area contributed by atoms with E-state index in [0.29, 0.717) is 22.4 Å². The molecular formula is C18H17N5O. The minimum atomic E-state index is -0.475. The van der Waals surface area contributed by atoms with Gasteiger partial charge < -0.3 is 9.97 Å². The first kappa shape index (κ1) is 14.6. The average molecular weight is 319 g/mol. The van der Waals surface area contributed by atoms with Gasteiger partial charge in [-0.1, -0.05) is 20.8 Å². The summed E-state index contributed by atoms with van der Waals surface area (Å²) in [5.41, 5.74) is 3.94. The molecule has 6 heteroatoms. The van der Waals surface area contributed by atoms with E-state index in [1.165, 1.54) is 0 Å². The van der Waals surface area contributed by atoms with E-state index in [4.69, 9.17) is 4.98 Å². The van der Waals surface area contributed by atoms with Crippen LogP contribution in [0.3, 0.4) is 0 Å². The zero-order chi connectivity index (χ0) is 16.9. The van der Waals surface area contributed by atoms with Gasteiger partial charge in [-0.15, -0.1) is 0 Å². The number of hydrogen-bond donors (Lipinski definition) is 2. The first-order chi connectivity index (χ1) is 11.4. The summed E-state index contributed by atoms with van der Waals surface area (Å²) in [6.45, 7) is 5.70. The van der Waals surface area contributed by atoms with Gasteiger partial charge in [0, 0.05) is 46.7 Å². The van der Waals surface area contributed by atoms with E-state index >= 15 is 0 Å². The summed E-state index contributed by atoms with van der Waals surface area (Å²) < 4.78 is 0. The van der Waals surface area contributed by atoms with Crippen LogP contribution in [-0.4, -0.2) is 30.7 Å². The second-order valence-electron chi connectivity index (χ2n) is 6.86. The highest BCUT2D eigenvalue weighted by Gasteiger charge is 2.26. The number of carbonyl (C=O) groups excluding carboxylic acids is 1. The van der Waals surface area contributed by atoms with Crippen LogP contribution in [0.15, 0.2) is 37.1 Å². The molecule has 0 saturated carbocycles. The van der Waals surface area contributed by atoms with Crippen molar-refractivity contribution in [3.8, 4) is 11.3 Å². The Morgan fingerprint density at radius 1 is 1.12 bits per heavy atom. The van der Waals surface area contributed by atoms with Gasteiger partial charge in [0.1, 0.15) is 5.52 Å². The number of carbonyl (C=O) groups is 1. The van der Waals surface area contributed by atoms with E-state index in [2.05, 4.69) is 19.9 Å². The number of fused-ring (bicyclic) bond motifs is 2. The average Bonchev–Trinajstić information content (AvgIpc) is 3.16. The van der Waals surface area contributed by atoms with E-state index in [0.717, 1.165) is 16.5 Å². The summed E-state index contributed by atoms with van der Waals surface area (Å²) in [5, 5.41) is 0.977. The highest BCUT2D eigenvalue weighted by atomic mass is 16.1. The van der Waals surface area contributed by atoms with Gasteiger partial charge in [-0.25, -0.2) is 9.97 Å². The van der Waals surface area contributed by atoms with Crippen molar-refractivity contribution in [2.45, 2.75) is 20.8 Å². The van der Waals surface area contributed by atoms with Crippen molar-refractivity contribution in [1.29, 1.82) is 0 Å². The number of ketones is 1. The monoisotopic (exact) mass is 319 g/mol. The summed E-state index contributed by atoms with van der Waals surface area (Å²) in [6, 6.07) is 1.91. The third kappa shape index (κ3) is 2.19. The van der Waals surface area contributed by atoms with Crippen LogP contribution >= 0.6 is 0 Å². The van der Waals surface area contributed by atoms with Gasteiger partial charge in [0.15, 0.2) is 11.4 Å². The molecule has 4 aromatic rings. The Bertz CT molecular complexity index is 1070. The normalized spacial score (nSPS) is 12.1. The minimum Gasteiger partial charge on any atom is -0.360 e. The van der Waals surface area contributed by atoms with Crippen LogP contribution in [0.2, 0.25) is 0 Å². The molecule has 0 unspecified atom stereocenters. The zero-order valence-electron chi connectivity index (χ0n) is 13.7. The number of pyridine rings is 1. The molecular weight excluding hydrogens is 302 g/mol. The SMILES string of the molecule is CC(C)(C)C(=O)c1c[nH]c2ncc(-c3c[nH]c4ccncc34)nc12. The van der Waals surface area contributed by atoms with Crippen molar-refractivity contribution in [2.75, 3.05) is 0 Å². The first-order valence-corrected chi connectivity index (χ1v) is 7.75. The van der Waals surface area contributed by atoms with Crippen molar-refractivity contribution >= 4 is 27.9 Å². The predicted octanol–water partition coefficient (Wildman–Crippen LogP) is 3.73. The van der Waals surface area contributed by atoms with Crippen molar-refractivity contribution in [1.82, 2.24) is 24.9 Å². The zero-order valence-corrected chi connectivity index (χ0v) is 13.7. The van der Waals surface area contributed by atoms with E-state index in [1.807, 2.05) is 33.0 Å². The molecule has 120 valence electrons. The molecule has 2 N–H and O–H groups in total. The first-order valence-electron chi connectivity index (χ1n) is 7.75. The topological polar surface area (TPSA) is 87.3 Å². The second-order valence-corrected chi connectivity index (χ2v) is 6.86. The molecule has 4 rings (SSSR count). The fourth-order valence-electron chi connectivity index (χ4n) is 2.77.